The summed E-state index contributed by atoms with van der Waals surface area (Å²) in [6.45, 7) is 22.7. The SMILES string of the molecule is C=C(C)COc1cc(-c2ccc(OC(=O)C(=C)C)cc2)cc(OCC(=C)C)c1-c1ccc(OC(=O)C(=C)C)cc1. The maximum Gasteiger partial charge on any atom is 0.338 e. The van der Waals surface area contributed by atoms with E-state index in [1.165, 1.54) is 0 Å². The summed E-state index contributed by atoms with van der Waals surface area (Å²) in [5.41, 5.74) is 5.57. The van der Waals surface area contributed by atoms with Gasteiger partial charge in [-0.05, 0) is 91.9 Å². The molecule has 6 nitrogen and oxygen atoms in total. The Bertz CT molecular complexity index is 1420. The van der Waals surface area contributed by atoms with Gasteiger partial charge in [-0.3, -0.25) is 0 Å². The molecule has 0 aromatic heterocycles. The van der Waals surface area contributed by atoms with Crippen LogP contribution in [0.4, 0.5) is 0 Å². The van der Waals surface area contributed by atoms with E-state index in [-0.39, 0.29) is 0 Å². The Morgan fingerprint density at radius 3 is 1.30 bits per heavy atom. The Morgan fingerprint density at radius 2 is 0.950 bits per heavy atom. The number of hydrogen-bond donors (Lipinski definition) is 0. The third-order valence-electron chi connectivity index (χ3n) is 5.46. The second kappa shape index (κ2) is 13.3. The van der Waals surface area contributed by atoms with Crippen LogP contribution in [0.2, 0.25) is 0 Å². The van der Waals surface area contributed by atoms with Crippen molar-refractivity contribution in [1.82, 2.24) is 0 Å². The maximum absolute atomic E-state index is 11.9. The van der Waals surface area contributed by atoms with Crippen LogP contribution in [0, 0.1) is 0 Å². The minimum atomic E-state index is -0.492. The van der Waals surface area contributed by atoms with Gasteiger partial charge < -0.3 is 18.9 Å². The molecule has 0 N–H and O–H groups in total. The molecule has 0 atom stereocenters. The molecule has 0 aliphatic rings. The predicted octanol–water partition coefficient (Wildman–Crippen LogP) is 7.89. The average molecular weight is 539 g/mol. The molecular formula is C34H34O6. The van der Waals surface area contributed by atoms with Crippen molar-refractivity contribution in [2.24, 2.45) is 0 Å². The quantitative estimate of drug-likeness (QED) is 0.101. The van der Waals surface area contributed by atoms with Crippen molar-refractivity contribution in [3.8, 4) is 45.3 Å². The van der Waals surface area contributed by atoms with Crippen LogP contribution in [-0.2, 0) is 9.59 Å². The minimum Gasteiger partial charge on any atom is -0.488 e. The van der Waals surface area contributed by atoms with E-state index in [0.717, 1.165) is 33.4 Å². The molecule has 6 heteroatoms. The van der Waals surface area contributed by atoms with Crippen LogP contribution < -0.4 is 18.9 Å². The van der Waals surface area contributed by atoms with Crippen molar-refractivity contribution < 1.29 is 28.5 Å². The number of ether oxygens (including phenoxy) is 4. The van der Waals surface area contributed by atoms with Crippen LogP contribution in [0.15, 0.2) is 109 Å². The van der Waals surface area contributed by atoms with E-state index >= 15 is 0 Å². The van der Waals surface area contributed by atoms with Gasteiger partial charge in [0.15, 0.2) is 0 Å². The lowest BCUT2D eigenvalue weighted by molar-refractivity contribution is -0.130. The molecule has 3 aromatic rings. The van der Waals surface area contributed by atoms with Gasteiger partial charge in [-0.1, -0.05) is 50.6 Å². The first-order valence-electron chi connectivity index (χ1n) is 12.6. The Balaban J connectivity index is 2.09. The molecule has 0 bridgehead atoms. The van der Waals surface area contributed by atoms with Crippen LogP contribution in [0.3, 0.4) is 0 Å². The van der Waals surface area contributed by atoms with E-state index in [1.54, 1.807) is 38.1 Å². The van der Waals surface area contributed by atoms with Gasteiger partial charge in [0.25, 0.3) is 0 Å². The van der Waals surface area contributed by atoms with Crippen LogP contribution in [0.5, 0.6) is 23.0 Å². The molecule has 0 spiro atoms. The number of benzene rings is 3. The molecule has 0 unspecified atom stereocenters. The van der Waals surface area contributed by atoms with Crippen LogP contribution in [-0.4, -0.2) is 25.2 Å². The summed E-state index contributed by atoms with van der Waals surface area (Å²) in [5.74, 6) is 1.01. The fraction of sp³-hybridized carbons (Fsp3) is 0.176. The third-order valence-corrected chi connectivity index (χ3v) is 5.46. The number of carbonyl (C=O) groups excluding carboxylic acids is 2. The summed E-state index contributed by atoms with van der Waals surface area (Å²) in [5, 5.41) is 0. The van der Waals surface area contributed by atoms with Crippen LogP contribution >= 0.6 is 0 Å². The molecule has 206 valence electrons. The molecular weight excluding hydrogens is 504 g/mol. The molecule has 0 heterocycles. The first-order chi connectivity index (χ1) is 18.9. The van der Waals surface area contributed by atoms with Crippen molar-refractivity contribution >= 4 is 11.9 Å². The van der Waals surface area contributed by atoms with Crippen molar-refractivity contribution in [3.63, 3.8) is 0 Å². The van der Waals surface area contributed by atoms with E-state index in [1.807, 2.05) is 50.2 Å². The first-order valence-corrected chi connectivity index (χ1v) is 12.6. The summed E-state index contributed by atoms with van der Waals surface area (Å²) in [7, 11) is 0. The Labute approximate surface area is 235 Å². The average Bonchev–Trinajstić information content (AvgIpc) is 2.91. The number of esters is 2. The van der Waals surface area contributed by atoms with Crippen LogP contribution in [0.1, 0.15) is 27.7 Å². The molecule has 0 saturated carbocycles. The minimum absolute atomic E-state index is 0.306. The lowest BCUT2D eigenvalue weighted by atomic mass is 9.97. The summed E-state index contributed by atoms with van der Waals surface area (Å²) in [4.78, 5) is 23.8. The van der Waals surface area contributed by atoms with Gasteiger partial charge in [0.05, 0.1) is 5.56 Å². The van der Waals surface area contributed by atoms with Crippen molar-refractivity contribution in [3.05, 3.63) is 109 Å². The highest BCUT2D eigenvalue weighted by Gasteiger charge is 2.18. The Hall–Kier alpha value is -4.84. The summed E-state index contributed by atoms with van der Waals surface area (Å²) in [6, 6.07) is 18.1. The van der Waals surface area contributed by atoms with Gasteiger partial charge in [0, 0.05) is 11.1 Å². The zero-order valence-corrected chi connectivity index (χ0v) is 23.5. The molecule has 0 amide bonds. The normalized spacial score (nSPS) is 10.3. The monoisotopic (exact) mass is 538 g/mol. The zero-order chi connectivity index (χ0) is 29.4. The second-order valence-electron chi connectivity index (χ2n) is 9.73. The fourth-order valence-corrected chi connectivity index (χ4v) is 3.46. The van der Waals surface area contributed by atoms with Gasteiger partial charge >= 0.3 is 11.9 Å². The summed E-state index contributed by atoms with van der Waals surface area (Å²) in [6.07, 6.45) is 0. The second-order valence-corrected chi connectivity index (χ2v) is 9.73. The predicted molar refractivity (Wildman–Crippen MR) is 159 cm³/mol. The largest absolute Gasteiger partial charge is 0.488 e. The van der Waals surface area contributed by atoms with Crippen molar-refractivity contribution in [1.29, 1.82) is 0 Å². The van der Waals surface area contributed by atoms with Gasteiger partial charge in [-0.15, -0.1) is 0 Å². The van der Waals surface area contributed by atoms with E-state index < -0.39 is 11.9 Å². The van der Waals surface area contributed by atoms with Crippen LogP contribution in [0.25, 0.3) is 22.3 Å². The summed E-state index contributed by atoms with van der Waals surface area (Å²) < 4.78 is 23.1. The molecule has 3 aromatic carbocycles. The van der Waals surface area contributed by atoms with Gasteiger partial charge in [0.1, 0.15) is 36.2 Å². The summed E-state index contributed by atoms with van der Waals surface area (Å²) >= 11 is 0. The molecule has 0 fully saturated rings. The van der Waals surface area contributed by atoms with Gasteiger partial charge in [-0.25, -0.2) is 9.59 Å². The maximum atomic E-state index is 11.9. The fourth-order valence-electron chi connectivity index (χ4n) is 3.46. The number of rotatable bonds is 12. The van der Waals surface area contributed by atoms with Gasteiger partial charge in [-0.2, -0.15) is 0 Å². The Morgan fingerprint density at radius 1 is 0.575 bits per heavy atom. The molecule has 0 saturated heterocycles. The zero-order valence-electron chi connectivity index (χ0n) is 23.5. The third kappa shape index (κ3) is 8.08. The van der Waals surface area contributed by atoms with E-state index in [2.05, 4.69) is 26.3 Å². The number of carbonyl (C=O) groups is 2. The van der Waals surface area contributed by atoms with E-state index in [9.17, 15) is 9.59 Å². The molecule has 0 aliphatic heterocycles. The lowest BCUT2D eigenvalue weighted by Crippen LogP contribution is -2.08. The lowest BCUT2D eigenvalue weighted by Gasteiger charge is -2.19. The standard InChI is InChI=1S/C34H34O6/c1-21(2)19-37-30-17-27(25-9-13-28(14-10-25)39-33(35)23(5)6)18-31(38-20-22(3)4)32(30)26-11-15-29(16-12-26)40-34(36)24(7)8/h9-18H,1,3,5,7,19-20H2,2,4,6,8H3. The van der Waals surface area contributed by atoms with E-state index in [0.29, 0.717) is 47.4 Å². The highest BCUT2D eigenvalue weighted by molar-refractivity contribution is 5.89. The van der Waals surface area contributed by atoms with E-state index in [4.69, 9.17) is 18.9 Å². The molecule has 3 rings (SSSR count). The molecule has 40 heavy (non-hydrogen) atoms. The first kappa shape index (κ1) is 29.7. The highest BCUT2D eigenvalue weighted by atomic mass is 16.5. The number of hydrogen-bond acceptors (Lipinski definition) is 6. The smallest absolute Gasteiger partial charge is 0.338 e. The topological polar surface area (TPSA) is 71.1 Å². The molecule has 0 radical (unpaired) electrons. The Kier molecular flexibility index (Phi) is 9.87. The van der Waals surface area contributed by atoms with Gasteiger partial charge in [0.2, 0.25) is 0 Å². The van der Waals surface area contributed by atoms with Crippen molar-refractivity contribution in [2.45, 2.75) is 27.7 Å². The molecule has 0 aliphatic carbocycles. The van der Waals surface area contributed by atoms with Crippen molar-refractivity contribution in [2.75, 3.05) is 13.2 Å². The highest BCUT2D eigenvalue weighted by Crippen LogP contribution is 2.43.